The molecule has 2 rings (SSSR count). The van der Waals surface area contributed by atoms with Gasteiger partial charge in [-0.3, -0.25) is 15.2 Å². The molecule has 1 N–H and O–H groups in total. The fraction of sp³-hybridized carbons (Fsp3) is 0.312. The highest BCUT2D eigenvalue weighted by atomic mass is 32.1. The zero-order valence-electron chi connectivity index (χ0n) is 12.8. The first kappa shape index (κ1) is 16.0. The van der Waals surface area contributed by atoms with E-state index < -0.39 is 0 Å². The molecule has 0 saturated heterocycles. The summed E-state index contributed by atoms with van der Waals surface area (Å²) in [6.45, 7) is 6.86. The van der Waals surface area contributed by atoms with Gasteiger partial charge in [-0.05, 0) is 17.5 Å². The third kappa shape index (κ3) is 4.30. The predicted octanol–water partition coefficient (Wildman–Crippen LogP) is 3.21. The maximum absolute atomic E-state index is 12.4. The maximum atomic E-state index is 12.4. The fourth-order valence-electron chi connectivity index (χ4n) is 1.87. The number of nitrogens with zero attached hydrogens (tertiary/aromatic N) is 3. The van der Waals surface area contributed by atoms with Crippen LogP contribution in [0.25, 0.3) is 0 Å². The highest BCUT2D eigenvalue weighted by Crippen LogP contribution is 2.25. The second-order valence-electron chi connectivity index (χ2n) is 6.07. The monoisotopic (exact) mass is 314 g/mol. The largest absolute Gasteiger partial charge is 0.273 e. The van der Waals surface area contributed by atoms with Crippen molar-refractivity contribution in [2.75, 3.05) is 11.6 Å². The first-order valence-electron chi connectivity index (χ1n) is 6.88. The summed E-state index contributed by atoms with van der Waals surface area (Å²) in [5.74, 6) is -0.184. The number of carbonyl (C=O) groups excluding carboxylic acids is 1. The van der Waals surface area contributed by atoms with Gasteiger partial charge in [0.1, 0.15) is 11.1 Å². The number of hydrogen-bond donors (Lipinski definition) is 1. The molecule has 0 saturated carbocycles. The molecule has 114 valence electrons. The lowest BCUT2D eigenvalue weighted by Crippen LogP contribution is -2.46. The number of carbonyl (C=O) groups is 1. The molecule has 22 heavy (non-hydrogen) atoms. The van der Waals surface area contributed by atoms with Crippen LogP contribution in [0.15, 0.2) is 36.5 Å². The summed E-state index contributed by atoms with van der Waals surface area (Å²) in [7, 11) is 0. The number of rotatable bonds is 4. The normalized spacial score (nSPS) is 10.8. The predicted molar refractivity (Wildman–Crippen MR) is 87.5 cm³/mol. The Bertz CT molecular complexity index is 682. The number of aromatic nitrogens is 1. The number of nitrogens with one attached hydrogen (secondary N) is 1. The molecule has 0 fully saturated rings. The molecule has 1 aromatic carbocycles. The maximum Gasteiger partial charge on any atom is 0.269 e. The molecular formula is C16H18N4OS. The molecule has 5 nitrogen and oxygen atoms in total. The van der Waals surface area contributed by atoms with Gasteiger partial charge >= 0.3 is 0 Å². The molecule has 2 aromatic rings. The molecule has 0 bridgehead atoms. The molecule has 0 spiro atoms. The van der Waals surface area contributed by atoms with Gasteiger partial charge in [-0.15, -0.1) is 0 Å². The van der Waals surface area contributed by atoms with Crippen molar-refractivity contribution in [1.82, 2.24) is 10.4 Å². The van der Waals surface area contributed by atoms with Crippen molar-refractivity contribution in [1.29, 1.82) is 5.26 Å². The van der Waals surface area contributed by atoms with E-state index in [2.05, 4.69) is 31.2 Å². The number of thiazole rings is 1. The average molecular weight is 314 g/mol. The van der Waals surface area contributed by atoms with Crippen molar-refractivity contribution in [2.24, 2.45) is 5.41 Å². The topological polar surface area (TPSA) is 69.0 Å². The highest BCUT2D eigenvalue weighted by molar-refractivity contribution is 7.16. The third-order valence-electron chi connectivity index (χ3n) is 2.76. The van der Waals surface area contributed by atoms with Crippen molar-refractivity contribution >= 4 is 22.2 Å². The third-order valence-corrected chi connectivity index (χ3v) is 3.69. The average Bonchev–Trinajstić information content (AvgIpc) is 2.95. The van der Waals surface area contributed by atoms with Crippen LogP contribution < -0.4 is 10.4 Å². The summed E-state index contributed by atoms with van der Waals surface area (Å²) in [5, 5.41) is 11.8. The second-order valence-corrected chi connectivity index (χ2v) is 7.08. The van der Waals surface area contributed by atoms with Gasteiger partial charge in [-0.1, -0.05) is 50.3 Å². The summed E-state index contributed by atoms with van der Waals surface area (Å²) in [6, 6.07) is 11.1. The fourth-order valence-corrected chi connectivity index (χ4v) is 2.54. The van der Waals surface area contributed by atoms with Gasteiger partial charge in [0.25, 0.3) is 5.91 Å². The van der Waals surface area contributed by atoms with E-state index in [4.69, 9.17) is 5.26 Å². The first-order valence-corrected chi connectivity index (χ1v) is 7.70. The van der Waals surface area contributed by atoms with Crippen LogP contribution in [0, 0.1) is 16.7 Å². The van der Waals surface area contributed by atoms with Crippen LogP contribution in [0.5, 0.6) is 0 Å². The Morgan fingerprint density at radius 2 is 2.05 bits per heavy atom. The Kier molecular flexibility index (Phi) is 4.78. The van der Waals surface area contributed by atoms with Crippen molar-refractivity contribution in [3.05, 3.63) is 47.1 Å². The molecule has 1 heterocycles. The van der Waals surface area contributed by atoms with Gasteiger partial charge in [0, 0.05) is 12.1 Å². The molecule has 0 aliphatic carbocycles. The Balaban J connectivity index is 2.21. The standard InChI is InChI=1S/C16H18N4OS/c1-16(2,3)11-20(14-10-18-13(9-17)22-14)19-15(21)12-7-5-4-6-8-12/h4-8,10H,11H2,1-3H3,(H,19,21). The Hall–Kier alpha value is -2.39. The van der Waals surface area contributed by atoms with Gasteiger partial charge in [-0.2, -0.15) is 5.26 Å². The Morgan fingerprint density at radius 3 is 2.59 bits per heavy atom. The van der Waals surface area contributed by atoms with Gasteiger partial charge in [-0.25, -0.2) is 4.98 Å². The summed E-state index contributed by atoms with van der Waals surface area (Å²) >= 11 is 1.26. The zero-order chi connectivity index (χ0) is 16.2. The number of anilines is 1. The zero-order valence-corrected chi connectivity index (χ0v) is 13.6. The van der Waals surface area contributed by atoms with E-state index >= 15 is 0 Å². The lowest BCUT2D eigenvalue weighted by molar-refractivity contribution is 0.0946. The molecule has 0 aliphatic heterocycles. The van der Waals surface area contributed by atoms with Crippen molar-refractivity contribution in [2.45, 2.75) is 20.8 Å². The van der Waals surface area contributed by atoms with Crippen LogP contribution in [-0.4, -0.2) is 17.4 Å². The van der Waals surface area contributed by atoms with E-state index in [1.54, 1.807) is 23.3 Å². The number of hydrogen-bond acceptors (Lipinski definition) is 5. The minimum Gasteiger partial charge on any atom is -0.273 e. The quantitative estimate of drug-likeness (QED) is 0.880. The SMILES string of the molecule is CC(C)(C)CN(NC(=O)c1ccccc1)c1cnc(C#N)s1. The summed E-state index contributed by atoms with van der Waals surface area (Å²) in [4.78, 5) is 16.4. The molecule has 0 radical (unpaired) electrons. The van der Waals surface area contributed by atoms with Crippen molar-refractivity contribution < 1.29 is 4.79 Å². The highest BCUT2D eigenvalue weighted by Gasteiger charge is 2.21. The number of hydrazine groups is 1. The molecule has 1 amide bonds. The van der Waals surface area contributed by atoms with Crippen molar-refractivity contribution in [3.63, 3.8) is 0 Å². The Morgan fingerprint density at radius 1 is 1.36 bits per heavy atom. The number of nitriles is 1. The molecule has 0 atom stereocenters. The van der Waals surface area contributed by atoms with Crippen LogP contribution in [-0.2, 0) is 0 Å². The van der Waals surface area contributed by atoms with E-state index in [1.807, 2.05) is 24.3 Å². The van der Waals surface area contributed by atoms with Gasteiger partial charge in [0.2, 0.25) is 0 Å². The molecule has 6 heteroatoms. The molecule has 0 unspecified atom stereocenters. The summed E-state index contributed by atoms with van der Waals surface area (Å²) in [5.41, 5.74) is 3.46. The van der Waals surface area contributed by atoms with Crippen LogP contribution >= 0.6 is 11.3 Å². The van der Waals surface area contributed by atoms with Crippen molar-refractivity contribution in [3.8, 4) is 6.07 Å². The van der Waals surface area contributed by atoms with Crippen LogP contribution in [0.1, 0.15) is 36.1 Å². The van der Waals surface area contributed by atoms with Gasteiger partial charge in [0.05, 0.1) is 6.20 Å². The summed E-state index contributed by atoms with van der Waals surface area (Å²) < 4.78 is 0. The minimum absolute atomic E-state index is 0.0270. The second kappa shape index (κ2) is 6.58. The first-order chi connectivity index (χ1) is 10.4. The van der Waals surface area contributed by atoms with E-state index in [0.29, 0.717) is 17.1 Å². The minimum atomic E-state index is -0.184. The molecule has 1 aromatic heterocycles. The van der Waals surface area contributed by atoms with Crippen LogP contribution in [0.2, 0.25) is 0 Å². The molecular weight excluding hydrogens is 296 g/mol. The van der Waals surface area contributed by atoms with E-state index in [1.165, 1.54) is 11.3 Å². The van der Waals surface area contributed by atoms with Gasteiger partial charge < -0.3 is 0 Å². The summed E-state index contributed by atoms with van der Waals surface area (Å²) in [6.07, 6.45) is 1.61. The van der Waals surface area contributed by atoms with Crippen LogP contribution in [0.3, 0.4) is 0 Å². The lowest BCUT2D eigenvalue weighted by Gasteiger charge is -2.30. The van der Waals surface area contributed by atoms with Gasteiger partial charge in [0.15, 0.2) is 5.01 Å². The number of benzene rings is 1. The van der Waals surface area contributed by atoms with E-state index in [0.717, 1.165) is 5.00 Å². The van der Waals surface area contributed by atoms with E-state index in [-0.39, 0.29) is 11.3 Å². The Labute approximate surface area is 134 Å². The number of amides is 1. The molecule has 0 aliphatic rings. The lowest BCUT2D eigenvalue weighted by atomic mass is 9.97. The smallest absolute Gasteiger partial charge is 0.269 e. The van der Waals surface area contributed by atoms with E-state index in [9.17, 15) is 4.79 Å². The van der Waals surface area contributed by atoms with Crippen LogP contribution in [0.4, 0.5) is 5.00 Å².